The molecule has 0 aliphatic heterocycles. The van der Waals surface area contributed by atoms with Gasteiger partial charge in [0.15, 0.2) is 11.5 Å². The van der Waals surface area contributed by atoms with E-state index < -0.39 is 0 Å². The SMILES string of the molecule is COc1cc(C)c(CN(C)[C@H](C)C(=O)Nc2ccc(C#N)c(Cl)c2)cc1OC. The third-order valence-corrected chi connectivity index (χ3v) is 4.97. The Balaban J connectivity index is 2.10. The summed E-state index contributed by atoms with van der Waals surface area (Å²) in [5.74, 6) is 1.16. The molecule has 1 atom stereocenters. The third-order valence-electron chi connectivity index (χ3n) is 4.66. The summed E-state index contributed by atoms with van der Waals surface area (Å²) in [6, 6.07) is 10.3. The molecular formula is C21H24ClN3O3. The maximum Gasteiger partial charge on any atom is 0.241 e. The number of hydrogen-bond donors (Lipinski definition) is 1. The number of anilines is 1. The highest BCUT2D eigenvalue weighted by molar-refractivity contribution is 6.32. The molecule has 0 unspecified atom stereocenters. The number of aryl methyl sites for hydroxylation is 1. The summed E-state index contributed by atoms with van der Waals surface area (Å²) in [6.07, 6.45) is 0. The number of likely N-dealkylation sites (N-methyl/N-ethyl adjacent to an activating group) is 1. The fraction of sp³-hybridized carbons (Fsp3) is 0.333. The minimum atomic E-state index is -0.387. The Kier molecular flexibility index (Phi) is 7.27. The summed E-state index contributed by atoms with van der Waals surface area (Å²) in [5.41, 5.74) is 3.02. The van der Waals surface area contributed by atoms with Crippen molar-refractivity contribution in [3.8, 4) is 17.6 Å². The van der Waals surface area contributed by atoms with Crippen molar-refractivity contribution in [1.29, 1.82) is 5.26 Å². The molecule has 148 valence electrons. The van der Waals surface area contributed by atoms with Crippen molar-refractivity contribution < 1.29 is 14.3 Å². The Bertz CT molecular complexity index is 908. The molecule has 2 rings (SSSR count). The second kappa shape index (κ2) is 9.45. The molecule has 0 heterocycles. The molecule has 0 aliphatic carbocycles. The van der Waals surface area contributed by atoms with Crippen molar-refractivity contribution in [3.63, 3.8) is 0 Å². The van der Waals surface area contributed by atoms with Crippen LogP contribution >= 0.6 is 11.6 Å². The predicted octanol–water partition coefficient (Wildman–Crippen LogP) is 4.00. The third kappa shape index (κ3) is 4.94. The Morgan fingerprint density at radius 3 is 2.46 bits per heavy atom. The summed E-state index contributed by atoms with van der Waals surface area (Å²) in [6.45, 7) is 4.39. The Morgan fingerprint density at radius 1 is 1.25 bits per heavy atom. The first-order valence-electron chi connectivity index (χ1n) is 8.73. The molecule has 0 bridgehead atoms. The minimum Gasteiger partial charge on any atom is -0.493 e. The van der Waals surface area contributed by atoms with Gasteiger partial charge in [-0.15, -0.1) is 0 Å². The summed E-state index contributed by atoms with van der Waals surface area (Å²) in [5, 5.41) is 12.1. The van der Waals surface area contributed by atoms with Gasteiger partial charge in [-0.1, -0.05) is 11.6 Å². The highest BCUT2D eigenvalue weighted by atomic mass is 35.5. The van der Waals surface area contributed by atoms with Crippen molar-refractivity contribution in [2.24, 2.45) is 0 Å². The zero-order valence-electron chi connectivity index (χ0n) is 16.7. The van der Waals surface area contributed by atoms with Crippen LogP contribution < -0.4 is 14.8 Å². The number of benzene rings is 2. The highest BCUT2D eigenvalue weighted by Crippen LogP contribution is 2.31. The average molecular weight is 402 g/mol. The van der Waals surface area contributed by atoms with Crippen molar-refractivity contribution in [2.45, 2.75) is 26.4 Å². The maximum atomic E-state index is 12.6. The van der Waals surface area contributed by atoms with Gasteiger partial charge in [-0.25, -0.2) is 0 Å². The number of halogens is 1. The van der Waals surface area contributed by atoms with E-state index in [4.69, 9.17) is 26.3 Å². The van der Waals surface area contributed by atoms with Crippen LogP contribution in [0.2, 0.25) is 5.02 Å². The lowest BCUT2D eigenvalue weighted by Crippen LogP contribution is -2.39. The van der Waals surface area contributed by atoms with Gasteiger partial charge in [0.05, 0.1) is 30.8 Å². The monoisotopic (exact) mass is 401 g/mol. The van der Waals surface area contributed by atoms with Gasteiger partial charge in [0, 0.05) is 12.2 Å². The van der Waals surface area contributed by atoms with E-state index in [1.165, 1.54) is 0 Å². The molecule has 7 heteroatoms. The van der Waals surface area contributed by atoms with Gasteiger partial charge < -0.3 is 14.8 Å². The molecule has 0 aromatic heterocycles. The van der Waals surface area contributed by atoms with Crippen LogP contribution in [0.25, 0.3) is 0 Å². The van der Waals surface area contributed by atoms with Crippen molar-refractivity contribution in [3.05, 3.63) is 52.0 Å². The van der Waals surface area contributed by atoms with Crippen molar-refractivity contribution in [1.82, 2.24) is 4.90 Å². The van der Waals surface area contributed by atoms with Gasteiger partial charge in [-0.2, -0.15) is 5.26 Å². The molecule has 0 aliphatic rings. The first kappa shape index (κ1) is 21.5. The first-order chi connectivity index (χ1) is 13.3. The summed E-state index contributed by atoms with van der Waals surface area (Å²) in [4.78, 5) is 14.6. The van der Waals surface area contributed by atoms with E-state index in [-0.39, 0.29) is 11.9 Å². The van der Waals surface area contributed by atoms with Crippen LogP contribution in [-0.4, -0.2) is 38.1 Å². The van der Waals surface area contributed by atoms with Crippen LogP contribution in [0.4, 0.5) is 5.69 Å². The Labute approximate surface area is 170 Å². The van der Waals surface area contributed by atoms with E-state index in [9.17, 15) is 4.79 Å². The zero-order chi connectivity index (χ0) is 20.8. The van der Waals surface area contributed by atoms with Gasteiger partial charge in [-0.3, -0.25) is 9.69 Å². The van der Waals surface area contributed by atoms with E-state index in [1.54, 1.807) is 32.4 Å². The number of carbonyl (C=O) groups is 1. The van der Waals surface area contributed by atoms with Gasteiger partial charge in [0.2, 0.25) is 5.91 Å². The maximum absolute atomic E-state index is 12.6. The molecule has 2 aromatic rings. The van der Waals surface area contributed by atoms with Crippen LogP contribution in [-0.2, 0) is 11.3 Å². The molecule has 1 N–H and O–H groups in total. The molecule has 0 radical (unpaired) electrons. The Hall–Kier alpha value is -2.75. The number of nitrogens with zero attached hydrogens (tertiary/aromatic N) is 2. The van der Waals surface area contributed by atoms with Crippen LogP contribution in [0.15, 0.2) is 30.3 Å². The lowest BCUT2D eigenvalue weighted by Gasteiger charge is -2.25. The normalized spacial score (nSPS) is 11.6. The van der Waals surface area contributed by atoms with Crippen LogP contribution in [0.5, 0.6) is 11.5 Å². The summed E-state index contributed by atoms with van der Waals surface area (Å²) >= 11 is 6.03. The molecule has 0 spiro atoms. The number of nitriles is 1. The van der Waals surface area contributed by atoms with Crippen LogP contribution in [0.1, 0.15) is 23.6 Å². The van der Waals surface area contributed by atoms with Crippen molar-refractivity contribution in [2.75, 3.05) is 26.6 Å². The number of carbonyl (C=O) groups excluding carboxylic acids is 1. The molecule has 0 fully saturated rings. The van der Waals surface area contributed by atoms with E-state index in [0.717, 1.165) is 11.1 Å². The molecule has 6 nitrogen and oxygen atoms in total. The van der Waals surface area contributed by atoms with Gasteiger partial charge >= 0.3 is 0 Å². The van der Waals surface area contributed by atoms with Gasteiger partial charge in [0.25, 0.3) is 0 Å². The standard InChI is InChI=1S/C21H24ClN3O3/c1-13-8-19(27-4)20(28-5)9-16(13)12-25(3)14(2)21(26)24-17-7-6-15(11-23)18(22)10-17/h6-10,14H,12H2,1-5H3,(H,24,26)/t14-/m1/s1. The summed E-state index contributed by atoms with van der Waals surface area (Å²) in [7, 11) is 5.08. The molecule has 0 saturated heterocycles. The Morgan fingerprint density at radius 2 is 1.89 bits per heavy atom. The van der Waals surface area contributed by atoms with E-state index in [0.29, 0.717) is 34.3 Å². The molecule has 0 saturated carbocycles. The molecule has 2 aromatic carbocycles. The zero-order valence-corrected chi connectivity index (χ0v) is 17.4. The fourth-order valence-corrected chi connectivity index (χ4v) is 2.95. The quantitative estimate of drug-likeness (QED) is 0.759. The number of ether oxygens (including phenoxy) is 2. The molecular weight excluding hydrogens is 378 g/mol. The van der Waals surface area contributed by atoms with E-state index >= 15 is 0 Å². The largest absolute Gasteiger partial charge is 0.493 e. The van der Waals surface area contributed by atoms with Gasteiger partial charge in [0.1, 0.15) is 6.07 Å². The number of rotatable bonds is 7. The van der Waals surface area contributed by atoms with E-state index in [1.807, 2.05) is 44.0 Å². The predicted molar refractivity (Wildman–Crippen MR) is 110 cm³/mol. The smallest absolute Gasteiger partial charge is 0.241 e. The second-order valence-electron chi connectivity index (χ2n) is 6.52. The number of hydrogen-bond acceptors (Lipinski definition) is 5. The average Bonchev–Trinajstić information content (AvgIpc) is 2.68. The molecule has 28 heavy (non-hydrogen) atoms. The van der Waals surface area contributed by atoms with Crippen LogP contribution in [0, 0.1) is 18.3 Å². The summed E-state index contributed by atoms with van der Waals surface area (Å²) < 4.78 is 10.7. The van der Waals surface area contributed by atoms with E-state index in [2.05, 4.69) is 5.32 Å². The lowest BCUT2D eigenvalue weighted by atomic mass is 10.1. The van der Waals surface area contributed by atoms with Crippen LogP contribution in [0.3, 0.4) is 0 Å². The minimum absolute atomic E-state index is 0.165. The number of nitrogens with one attached hydrogen (secondary N) is 1. The highest BCUT2D eigenvalue weighted by Gasteiger charge is 2.20. The number of amides is 1. The fourth-order valence-electron chi connectivity index (χ4n) is 2.73. The lowest BCUT2D eigenvalue weighted by molar-refractivity contribution is -0.120. The topological polar surface area (TPSA) is 74.6 Å². The first-order valence-corrected chi connectivity index (χ1v) is 9.10. The van der Waals surface area contributed by atoms with Gasteiger partial charge in [-0.05, 0) is 62.4 Å². The second-order valence-corrected chi connectivity index (χ2v) is 6.93. The number of methoxy groups -OCH3 is 2. The van der Waals surface area contributed by atoms with Crippen molar-refractivity contribution >= 4 is 23.2 Å². The molecule has 1 amide bonds.